The van der Waals surface area contributed by atoms with Crippen LogP contribution in [0, 0.1) is 0 Å². The zero-order valence-corrected chi connectivity index (χ0v) is 15.6. The molecule has 0 N–H and O–H groups in total. The first-order valence-electron chi connectivity index (χ1n) is 9.30. The van der Waals surface area contributed by atoms with E-state index in [-0.39, 0.29) is 0 Å². The lowest BCUT2D eigenvalue weighted by Crippen LogP contribution is -1.96. The summed E-state index contributed by atoms with van der Waals surface area (Å²) < 4.78 is 11.3. The number of nitrogens with zero attached hydrogens (tertiary/aromatic N) is 2. The average Bonchev–Trinajstić information content (AvgIpc) is 2.68. The molecule has 0 amide bonds. The summed E-state index contributed by atoms with van der Waals surface area (Å²) in [6.07, 6.45) is 7.31. The largest absolute Gasteiger partial charge is 0.494 e. The normalized spacial score (nSPS) is 10.8. The van der Waals surface area contributed by atoms with Gasteiger partial charge in [-0.05, 0) is 74.2 Å². The Morgan fingerprint density at radius 1 is 0.769 bits per heavy atom. The van der Waals surface area contributed by atoms with E-state index in [0.29, 0.717) is 0 Å². The van der Waals surface area contributed by atoms with Gasteiger partial charge in [-0.3, -0.25) is 0 Å². The molecule has 2 rings (SSSR count). The minimum atomic E-state index is 0.724. The lowest BCUT2D eigenvalue weighted by molar-refractivity contribution is 0.307. The van der Waals surface area contributed by atoms with Crippen LogP contribution in [0.4, 0.5) is 11.4 Å². The first-order valence-corrected chi connectivity index (χ1v) is 9.30. The fourth-order valence-electron chi connectivity index (χ4n) is 2.25. The molecule has 0 aliphatic rings. The van der Waals surface area contributed by atoms with E-state index in [2.05, 4.69) is 23.7 Å². The van der Waals surface area contributed by atoms with E-state index in [0.717, 1.165) is 68.2 Å². The molecule has 0 unspecified atom stereocenters. The van der Waals surface area contributed by atoms with Crippen LogP contribution in [0.2, 0.25) is 0 Å². The fraction of sp³-hybridized carbons (Fsp3) is 0.364. The average molecular weight is 352 g/mol. The number of hydrogen-bond donors (Lipinski definition) is 0. The van der Waals surface area contributed by atoms with Crippen molar-refractivity contribution < 1.29 is 9.47 Å². The van der Waals surface area contributed by atoms with Gasteiger partial charge < -0.3 is 9.47 Å². The molecule has 0 aliphatic heterocycles. The zero-order chi connectivity index (χ0) is 18.5. The maximum absolute atomic E-state index is 5.70. The van der Waals surface area contributed by atoms with Crippen molar-refractivity contribution in [3.63, 3.8) is 0 Å². The van der Waals surface area contributed by atoms with Gasteiger partial charge in [-0.15, -0.1) is 6.58 Å². The monoisotopic (exact) mass is 352 g/mol. The molecular formula is C22H28N2O2. The van der Waals surface area contributed by atoms with Crippen molar-refractivity contribution in [3.8, 4) is 11.5 Å². The van der Waals surface area contributed by atoms with Crippen LogP contribution in [0.5, 0.6) is 11.5 Å². The van der Waals surface area contributed by atoms with E-state index in [1.807, 2.05) is 54.6 Å². The summed E-state index contributed by atoms with van der Waals surface area (Å²) in [6, 6.07) is 15.3. The quantitative estimate of drug-likeness (QED) is 0.234. The summed E-state index contributed by atoms with van der Waals surface area (Å²) in [6.45, 7) is 7.34. The van der Waals surface area contributed by atoms with Crippen molar-refractivity contribution in [2.75, 3.05) is 13.2 Å². The van der Waals surface area contributed by atoms with Crippen LogP contribution in [0.1, 0.15) is 39.0 Å². The smallest absolute Gasteiger partial charge is 0.119 e. The molecule has 0 aromatic heterocycles. The number of hydrogen-bond acceptors (Lipinski definition) is 4. The highest BCUT2D eigenvalue weighted by Gasteiger charge is 1.97. The Kier molecular flexibility index (Phi) is 8.98. The van der Waals surface area contributed by atoms with Gasteiger partial charge in [0.2, 0.25) is 0 Å². The van der Waals surface area contributed by atoms with E-state index >= 15 is 0 Å². The van der Waals surface area contributed by atoms with Crippen molar-refractivity contribution in [2.24, 2.45) is 10.2 Å². The lowest BCUT2D eigenvalue weighted by atomic mass is 10.2. The SMILES string of the molecule is C=CCCCCOc1ccc(N=Nc2ccc(OCCCC)cc2)cc1. The highest BCUT2D eigenvalue weighted by molar-refractivity contribution is 5.44. The molecule has 0 atom stereocenters. The standard InChI is InChI=1S/C22H28N2O2/c1-3-5-7-8-18-26-22-15-11-20(12-16-22)24-23-19-9-13-21(14-10-19)25-17-6-4-2/h3,9-16H,1,4-8,17-18H2,2H3. The predicted molar refractivity (Wildman–Crippen MR) is 107 cm³/mol. The van der Waals surface area contributed by atoms with Crippen LogP contribution in [0.3, 0.4) is 0 Å². The zero-order valence-electron chi connectivity index (χ0n) is 15.6. The number of allylic oxidation sites excluding steroid dienone is 1. The second kappa shape index (κ2) is 11.9. The topological polar surface area (TPSA) is 43.2 Å². The lowest BCUT2D eigenvalue weighted by Gasteiger charge is -2.05. The molecular weight excluding hydrogens is 324 g/mol. The summed E-state index contributed by atoms with van der Waals surface area (Å²) in [5.41, 5.74) is 1.60. The molecule has 0 saturated heterocycles. The maximum Gasteiger partial charge on any atom is 0.119 e. The van der Waals surface area contributed by atoms with Crippen LogP contribution >= 0.6 is 0 Å². The van der Waals surface area contributed by atoms with Crippen molar-refractivity contribution in [1.82, 2.24) is 0 Å². The second-order valence-electron chi connectivity index (χ2n) is 6.02. The Morgan fingerprint density at radius 2 is 1.27 bits per heavy atom. The third-order valence-corrected chi connectivity index (χ3v) is 3.79. The van der Waals surface area contributed by atoms with Crippen molar-refractivity contribution in [3.05, 3.63) is 61.2 Å². The van der Waals surface area contributed by atoms with Crippen LogP contribution in [0.25, 0.3) is 0 Å². The van der Waals surface area contributed by atoms with Crippen molar-refractivity contribution in [2.45, 2.75) is 39.0 Å². The Hall–Kier alpha value is -2.62. The van der Waals surface area contributed by atoms with Gasteiger partial charge in [-0.25, -0.2) is 0 Å². The molecule has 0 heterocycles. The molecule has 4 heteroatoms. The van der Waals surface area contributed by atoms with E-state index in [9.17, 15) is 0 Å². The first-order chi connectivity index (χ1) is 12.8. The summed E-state index contributed by atoms with van der Waals surface area (Å²) in [5.74, 6) is 1.73. The molecule has 0 saturated carbocycles. The molecule has 0 aliphatic carbocycles. The molecule has 2 aromatic carbocycles. The fourth-order valence-corrected chi connectivity index (χ4v) is 2.25. The minimum Gasteiger partial charge on any atom is -0.494 e. The number of unbranched alkanes of at least 4 members (excludes halogenated alkanes) is 3. The number of ether oxygens (including phenoxy) is 2. The van der Waals surface area contributed by atoms with E-state index in [4.69, 9.17) is 9.47 Å². The van der Waals surface area contributed by atoms with Gasteiger partial charge >= 0.3 is 0 Å². The Labute approximate surface area is 156 Å². The van der Waals surface area contributed by atoms with Gasteiger partial charge in [-0.2, -0.15) is 10.2 Å². The van der Waals surface area contributed by atoms with Gasteiger partial charge in [0.15, 0.2) is 0 Å². The van der Waals surface area contributed by atoms with E-state index in [1.54, 1.807) is 0 Å². The van der Waals surface area contributed by atoms with Gasteiger partial charge in [-0.1, -0.05) is 19.4 Å². The molecule has 26 heavy (non-hydrogen) atoms. The molecule has 0 radical (unpaired) electrons. The predicted octanol–water partition coefficient (Wildman–Crippen LogP) is 7.02. The van der Waals surface area contributed by atoms with Gasteiger partial charge in [0, 0.05) is 0 Å². The van der Waals surface area contributed by atoms with E-state index < -0.39 is 0 Å². The third-order valence-electron chi connectivity index (χ3n) is 3.79. The van der Waals surface area contributed by atoms with Gasteiger partial charge in [0.1, 0.15) is 11.5 Å². The molecule has 0 bridgehead atoms. The molecule has 138 valence electrons. The third kappa shape index (κ3) is 7.51. The van der Waals surface area contributed by atoms with Crippen molar-refractivity contribution in [1.29, 1.82) is 0 Å². The number of azo groups is 1. The molecule has 0 fully saturated rings. The highest BCUT2D eigenvalue weighted by atomic mass is 16.5. The highest BCUT2D eigenvalue weighted by Crippen LogP contribution is 2.23. The van der Waals surface area contributed by atoms with Crippen LogP contribution in [-0.2, 0) is 0 Å². The Morgan fingerprint density at radius 3 is 1.73 bits per heavy atom. The number of rotatable bonds is 12. The summed E-state index contributed by atoms with van der Waals surface area (Å²) in [7, 11) is 0. The van der Waals surface area contributed by atoms with E-state index in [1.165, 1.54) is 0 Å². The summed E-state index contributed by atoms with van der Waals surface area (Å²) in [4.78, 5) is 0. The van der Waals surface area contributed by atoms with Crippen LogP contribution < -0.4 is 9.47 Å². The van der Waals surface area contributed by atoms with Crippen LogP contribution in [0.15, 0.2) is 71.4 Å². The molecule has 4 nitrogen and oxygen atoms in total. The Balaban J connectivity index is 1.79. The number of benzene rings is 2. The summed E-state index contributed by atoms with van der Waals surface area (Å²) in [5, 5.41) is 8.52. The van der Waals surface area contributed by atoms with Crippen LogP contribution in [-0.4, -0.2) is 13.2 Å². The molecule has 0 spiro atoms. The maximum atomic E-state index is 5.70. The molecule has 2 aromatic rings. The van der Waals surface area contributed by atoms with Gasteiger partial charge in [0.25, 0.3) is 0 Å². The Bertz CT molecular complexity index is 664. The minimum absolute atomic E-state index is 0.724. The summed E-state index contributed by atoms with van der Waals surface area (Å²) >= 11 is 0. The first kappa shape index (κ1) is 19.7. The van der Waals surface area contributed by atoms with Gasteiger partial charge in [0.05, 0.1) is 24.6 Å². The van der Waals surface area contributed by atoms with Crippen molar-refractivity contribution >= 4 is 11.4 Å². The second-order valence-corrected chi connectivity index (χ2v) is 6.02.